The zero-order valence-corrected chi connectivity index (χ0v) is 10.2. The standard InChI is InChI=1S/C11H16N2Si/c1-8-9-7-12-6-5-10(9)13-11(8)14(2,3)4/h5-7,13H,1-4H3. The van der Waals surface area contributed by atoms with Gasteiger partial charge >= 0.3 is 0 Å². The van der Waals surface area contributed by atoms with Gasteiger partial charge in [-0.3, -0.25) is 4.98 Å². The van der Waals surface area contributed by atoms with Crippen molar-refractivity contribution in [2.24, 2.45) is 0 Å². The highest BCUT2D eigenvalue weighted by atomic mass is 28.3. The predicted molar refractivity (Wildman–Crippen MR) is 63.8 cm³/mol. The molecule has 74 valence electrons. The number of rotatable bonds is 1. The largest absolute Gasteiger partial charge is 0.362 e. The minimum absolute atomic E-state index is 1.22. The summed E-state index contributed by atoms with van der Waals surface area (Å²) in [4.78, 5) is 7.69. The number of nitrogens with zero attached hydrogens (tertiary/aromatic N) is 1. The molecule has 0 atom stereocenters. The number of H-pyrrole nitrogens is 1. The second-order valence-corrected chi connectivity index (χ2v) is 9.80. The molecule has 0 fully saturated rings. The minimum Gasteiger partial charge on any atom is -0.362 e. The molecule has 0 aliphatic carbocycles. The van der Waals surface area contributed by atoms with Crippen LogP contribution in [-0.4, -0.2) is 18.0 Å². The molecule has 2 heterocycles. The summed E-state index contributed by atoms with van der Waals surface area (Å²) >= 11 is 0. The number of fused-ring (bicyclic) bond motifs is 1. The Bertz CT molecular complexity index is 466. The van der Waals surface area contributed by atoms with Crippen molar-refractivity contribution in [3.63, 3.8) is 0 Å². The molecule has 0 spiro atoms. The number of hydrogen-bond acceptors (Lipinski definition) is 1. The van der Waals surface area contributed by atoms with Crippen LogP contribution in [0.1, 0.15) is 5.56 Å². The van der Waals surface area contributed by atoms with E-state index >= 15 is 0 Å². The first kappa shape index (κ1) is 9.46. The van der Waals surface area contributed by atoms with Crippen LogP contribution in [0.15, 0.2) is 18.5 Å². The lowest BCUT2D eigenvalue weighted by atomic mass is 10.2. The van der Waals surface area contributed by atoms with E-state index < -0.39 is 8.07 Å². The second kappa shape index (κ2) is 2.95. The summed E-state index contributed by atoms with van der Waals surface area (Å²) in [5, 5.41) is 2.71. The molecule has 0 radical (unpaired) electrons. The maximum Gasteiger partial charge on any atom is 0.0985 e. The van der Waals surface area contributed by atoms with Crippen molar-refractivity contribution in [2.75, 3.05) is 0 Å². The first-order valence-corrected chi connectivity index (χ1v) is 8.43. The number of aromatic amines is 1. The molecule has 0 unspecified atom stereocenters. The van der Waals surface area contributed by atoms with Crippen molar-refractivity contribution in [3.8, 4) is 0 Å². The highest BCUT2D eigenvalue weighted by Crippen LogP contribution is 2.17. The van der Waals surface area contributed by atoms with E-state index in [0.29, 0.717) is 0 Å². The lowest BCUT2D eigenvalue weighted by Gasteiger charge is -2.15. The molecule has 1 N–H and O–H groups in total. The van der Waals surface area contributed by atoms with Gasteiger partial charge in [0.05, 0.1) is 8.07 Å². The Morgan fingerprint density at radius 2 is 2.00 bits per heavy atom. The Labute approximate surface area is 85.4 Å². The quantitative estimate of drug-likeness (QED) is 0.710. The molecule has 0 aliphatic heterocycles. The van der Waals surface area contributed by atoms with Crippen molar-refractivity contribution < 1.29 is 0 Å². The van der Waals surface area contributed by atoms with E-state index in [1.165, 1.54) is 21.8 Å². The van der Waals surface area contributed by atoms with Crippen LogP contribution in [0.4, 0.5) is 0 Å². The third-order valence-corrected chi connectivity index (χ3v) is 4.61. The van der Waals surface area contributed by atoms with Gasteiger partial charge in [0, 0.05) is 28.6 Å². The Hall–Kier alpha value is -1.09. The van der Waals surface area contributed by atoms with Gasteiger partial charge in [0.25, 0.3) is 0 Å². The monoisotopic (exact) mass is 204 g/mol. The van der Waals surface area contributed by atoms with E-state index in [1.54, 1.807) is 0 Å². The summed E-state index contributed by atoms with van der Waals surface area (Å²) in [6.45, 7) is 9.27. The van der Waals surface area contributed by atoms with Crippen LogP contribution in [0.2, 0.25) is 19.6 Å². The number of aromatic nitrogens is 2. The van der Waals surface area contributed by atoms with E-state index in [1.807, 2.05) is 18.5 Å². The predicted octanol–water partition coefficient (Wildman–Crippen LogP) is 2.42. The second-order valence-electron chi connectivity index (χ2n) is 4.80. The van der Waals surface area contributed by atoms with Crippen LogP contribution in [0.25, 0.3) is 10.9 Å². The van der Waals surface area contributed by atoms with Gasteiger partial charge in [0.15, 0.2) is 0 Å². The van der Waals surface area contributed by atoms with E-state index in [0.717, 1.165) is 0 Å². The topological polar surface area (TPSA) is 28.7 Å². The summed E-state index contributed by atoms with van der Waals surface area (Å²) in [7, 11) is -1.24. The normalized spacial score (nSPS) is 12.3. The molecule has 3 heteroatoms. The van der Waals surface area contributed by atoms with Crippen molar-refractivity contribution in [2.45, 2.75) is 26.6 Å². The number of hydrogen-bond donors (Lipinski definition) is 1. The summed E-state index contributed by atoms with van der Waals surface area (Å²) < 4.78 is 0. The fourth-order valence-electron chi connectivity index (χ4n) is 1.92. The molecule has 2 nitrogen and oxygen atoms in total. The molecule has 0 saturated heterocycles. The maximum absolute atomic E-state index is 4.16. The van der Waals surface area contributed by atoms with Gasteiger partial charge < -0.3 is 4.98 Å². The van der Waals surface area contributed by atoms with Crippen molar-refractivity contribution in [1.29, 1.82) is 0 Å². The highest BCUT2D eigenvalue weighted by molar-refractivity contribution is 6.88. The van der Waals surface area contributed by atoms with Gasteiger partial charge in [-0.25, -0.2) is 0 Å². The lowest BCUT2D eigenvalue weighted by molar-refractivity contribution is 1.36. The maximum atomic E-state index is 4.16. The summed E-state index contributed by atoms with van der Waals surface area (Å²) in [6.07, 6.45) is 3.79. The van der Waals surface area contributed by atoms with E-state index in [2.05, 4.69) is 36.5 Å². The summed E-state index contributed by atoms with van der Waals surface area (Å²) in [5.41, 5.74) is 2.60. The third kappa shape index (κ3) is 1.37. The lowest BCUT2D eigenvalue weighted by Crippen LogP contribution is -2.40. The SMILES string of the molecule is Cc1c([Si](C)(C)C)[nH]c2ccncc12. The molecular weight excluding hydrogens is 188 g/mol. The molecular formula is C11H16N2Si. The molecule has 0 aliphatic rings. The third-order valence-electron chi connectivity index (χ3n) is 2.61. The van der Waals surface area contributed by atoms with Crippen LogP contribution in [0.3, 0.4) is 0 Å². The number of aryl methyl sites for hydroxylation is 1. The van der Waals surface area contributed by atoms with Gasteiger partial charge in [0.1, 0.15) is 0 Å². The summed E-state index contributed by atoms with van der Waals surface area (Å²) in [6, 6.07) is 2.05. The Balaban J connectivity index is 2.75. The van der Waals surface area contributed by atoms with E-state index in [9.17, 15) is 0 Å². The van der Waals surface area contributed by atoms with Gasteiger partial charge in [0.2, 0.25) is 0 Å². The summed E-state index contributed by atoms with van der Waals surface area (Å²) in [5.74, 6) is 0. The fraction of sp³-hybridized carbons (Fsp3) is 0.364. The number of nitrogens with one attached hydrogen (secondary N) is 1. The van der Waals surface area contributed by atoms with Crippen LogP contribution in [-0.2, 0) is 0 Å². The molecule has 2 aromatic rings. The van der Waals surface area contributed by atoms with Gasteiger partial charge in [-0.15, -0.1) is 0 Å². The van der Waals surface area contributed by atoms with Crippen LogP contribution >= 0.6 is 0 Å². The zero-order chi connectivity index (χ0) is 10.3. The molecule has 0 amide bonds. The van der Waals surface area contributed by atoms with Crippen molar-refractivity contribution in [3.05, 3.63) is 24.0 Å². The molecule has 0 aromatic carbocycles. The van der Waals surface area contributed by atoms with Crippen molar-refractivity contribution in [1.82, 2.24) is 9.97 Å². The van der Waals surface area contributed by atoms with Crippen molar-refractivity contribution >= 4 is 24.3 Å². The molecule has 14 heavy (non-hydrogen) atoms. The first-order valence-electron chi connectivity index (χ1n) is 4.93. The Morgan fingerprint density at radius 1 is 1.29 bits per heavy atom. The zero-order valence-electron chi connectivity index (χ0n) is 9.18. The molecule has 0 saturated carbocycles. The van der Waals surface area contributed by atoms with E-state index in [4.69, 9.17) is 0 Å². The first-order chi connectivity index (χ1) is 6.50. The molecule has 2 rings (SSSR count). The van der Waals surface area contributed by atoms with E-state index in [-0.39, 0.29) is 0 Å². The number of pyridine rings is 1. The van der Waals surface area contributed by atoms with Gasteiger partial charge in [-0.2, -0.15) is 0 Å². The van der Waals surface area contributed by atoms with Crippen LogP contribution in [0.5, 0.6) is 0 Å². The Morgan fingerprint density at radius 3 is 2.57 bits per heavy atom. The smallest absolute Gasteiger partial charge is 0.0985 e. The van der Waals surface area contributed by atoms with Crippen LogP contribution < -0.4 is 5.32 Å². The molecule has 0 bridgehead atoms. The Kier molecular flexibility index (Phi) is 1.99. The van der Waals surface area contributed by atoms with Gasteiger partial charge in [-0.05, 0) is 18.6 Å². The highest BCUT2D eigenvalue weighted by Gasteiger charge is 2.21. The molecule has 2 aromatic heterocycles. The average Bonchev–Trinajstić information content (AvgIpc) is 2.44. The average molecular weight is 204 g/mol. The fourth-order valence-corrected chi connectivity index (χ4v) is 3.68. The van der Waals surface area contributed by atoms with Gasteiger partial charge in [-0.1, -0.05) is 19.6 Å². The van der Waals surface area contributed by atoms with Crippen LogP contribution in [0, 0.1) is 6.92 Å². The minimum atomic E-state index is -1.24.